The van der Waals surface area contributed by atoms with Crippen LogP contribution in [0.25, 0.3) is 38.6 Å². The maximum atomic E-state index is 6.18. The first-order chi connectivity index (χ1) is 21.8. The molecule has 214 valence electrons. The maximum Gasteiger partial charge on any atom is 0.130 e. The molecule has 2 heterocycles. The van der Waals surface area contributed by atoms with E-state index in [4.69, 9.17) is 4.74 Å². The van der Waals surface area contributed by atoms with Crippen LogP contribution < -0.4 is 4.74 Å². The van der Waals surface area contributed by atoms with Crippen molar-refractivity contribution in [1.29, 1.82) is 0 Å². The summed E-state index contributed by atoms with van der Waals surface area (Å²) >= 11 is 0. The third-order valence-corrected chi connectivity index (χ3v) is 10.0. The second kappa shape index (κ2) is 10.4. The molecule has 44 heavy (non-hydrogen) atoms. The maximum absolute atomic E-state index is 6.18. The van der Waals surface area contributed by atoms with Crippen molar-refractivity contribution in [1.82, 2.24) is 4.57 Å². The van der Waals surface area contributed by atoms with Gasteiger partial charge in [-0.1, -0.05) is 85.0 Å². The molecule has 2 atom stereocenters. The van der Waals surface area contributed by atoms with Gasteiger partial charge in [-0.05, 0) is 115 Å². The van der Waals surface area contributed by atoms with Crippen LogP contribution in [0.1, 0.15) is 72.6 Å². The second-order valence-electron chi connectivity index (χ2n) is 12.7. The van der Waals surface area contributed by atoms with Crippen molar-refractivity contribution in [2.24, 2.45) is 0 Å². The van der Waals surface area contributed by atoms with Crippen LogP contribution in [-0.4, -0.2) is 4.57 Å². The fraction of sp³-hybridized carbons (Fsp3) is 0.190. The number of fused-ring (bicyclic) bond motifs is 6. The second-order valence-corrected chi connectivity index (χ2v) is 12.7. The molecule has 0 saturated heterocycles. The van der Waals surface area contributed by atoms with Crippen molar-refractivity contribution in [3.63, 3.8) is 0 Å². The summed E-state index contributed by atoms with van der Waals surface area (Å²) in [6.45, 7) is 0. The number of nitrogens with zero attached hydrogens (tertiary/aromatic N) is 1. The lowest BCUT2D eigenvalue weighted by molar-refractivity contribution is 0.426. The van der Waals surface area contributed by atoms with Gasteiger partial charge in [0.25, 0.3) is 0 Å². The minimum absolute atomic E-state index is 0.294. The Balaban J connectivity index is 1.18. The molecule has 0 amide bonds. The van der Waals surface area contributed by atoms with Gasteiger partial charge in [-0.25, -0.2) is 0 Å². The molecule has 4 aliphatic rings. The number of aromatic nitrogens is 1. The molecule has 0 spiro atoms. The van der Waals surface area contributed by atoms with E-state index >= 15 is 0 Å². The predicted octanol–water partition coefficient (Wildman–Crippen LogP) is 11.2. The third kappa shape index (κ3) is 4.24. The minimum Gasteiger partial charge on any atom is -0.461 e. The lowest BCUT2D eigenvalue weighted by atomic mass is 9.85. The summed E-state index contributed by atoms with van der Waals surface area (Å²) in [4.78, 5) is 0. The van der Waals surface area contributed by atoms with E-state index in [9.17, 15) is 0 Å². The van der Waals surface area contributed by atoms with E-state index in [0.29, 0.717) is 11.8 Å². The molecular weight excluding hydrogens is 534 g/mol. The molecule has 1 aliphatic heterocycles. The van der Waals surface area contributed by atoms with Gasteiger partial charge in [0.2, 0.25) is 0 Å². The fourth-order valence-corrected chi connectivity index (χ4v) is 7.80. The lowest BCUT2D eigenvalue weighted by Gasteiger charge is -2.22. The number of hydrogen-bond acceptors (Lipinski definition) is 1. The number of hydrogen-bond donors (Lipinski definition) is 0. The van der Waals surface area contributed by atoms with E-state index in [1.807, 2.05) is 0 Å². The Hall–Kier alpha value is -4.82. The van der Waals surface area contributed by atoms with E-state index in [1.165, 1.54) is 67.3 Å². The lowest BCUT2D eigenvalue weighted by Crippen LogP contribution is -2.05. The molecule has 2 unspecified atom stereocenters. The Bertz CT molecular complexity index is 2110. The third-order valence-electron chi connectivity index (χ3n) is 10.0. The Morgan fingerprint density at radius 2 is 1.61 bits per heavy atom. The number of rotatable bonds is 4. The van der Waals surface area contributed by atoms with E-state index in [0.717, 1.165) is 43.6 Å². The smallest absolute Gasteiger partial charge is 0.130 e. The normalized spacial score (nSPS) is 20.6. The molecule has 0 bridgehead atoms. The quantitative estimate of drug-likeness (QED) is 0.196. The molecule has 5 aromatic rings. The Morgan fingerprint density at radius 1 is 0.705 bits per heavy atom. The van der Waals surface area contributed by atoms with Crippen molar-refractivity contribution >= 4 is 33.0 Å². The standard InChI is InChI=1S/C42H35NO/c1-3-11-28(12-4-1)32-23-33(29-13-5-2-6-14-29)25-34(24-32)43-39-17-9-7-15-35(39)37-26-30(19-21-40(37)43)31-20-22-42-38(27-31)36-16-8-10-18-41(36)44-42/h1,3,5,7-10,13-26,28,38H,2,4,6,11-12,27H2. The molecule has 4 aromatic carbocycles. The zero-order valence-electron chi connectivity index (χ0n) is 24.9. The Kier molecular flexibility index (Phi) is 6.07. The van der Waals surface area contributed by atoms with Crippen LogP contribution in [0.5, 0.6) is 5.75 Å². The largest absolute Gasteiger partial charge is 0.461 e. The van der Waals surface area contributed by atoms with Crippen LogP contribution in [0.15, 0.2) is 133 Å². The Labute approximate surface area is 259 Å². The van der Waals surface area contributed by atoms with Gasteiger partial charge in [0.1, 0.15) is 11.5 Å². The van der Waals surface area contributed by atoms with E-state index in [1.54, 1.807) is 0 Å². The summed E-state index contributed by atoms with van der Waals surface area (Å²) in [5.41, 5.74) is 11.9. The molecular formula is C42H35NO. The molecule has 1 aromatic heterocycles. The topological polar surface area (TPSA) is 14.2 Å². The number of allylic oxidation sites excluding steroid dienone is 10. The zero-order chi connectivity index (χ0) is 29.0. The van der Waals surface area contributed by atoms with Gasteiger partial charge < -0.3 is 9.30 Å². The van der Waals surface area contributed by atoms with Crippen LogP contribution in [-0.2, 0) is 0 Å². The summed E-state index contributed by atoms with van der Waals surface area (Å²) in [6, 6.07) is 31.8. The van der Waals surface area contributed by atoms with Gasteiger partial charge in [-0.2, -0.15) is 0 Å². The first-order valence-corrected chi connectivity index (χ1v) is 16.2. The van der Waals surface area contributed by atoms with Gasteiger partial charge in [-0.3, -0.25) is 0 Å². The monoisotopic (exact) mass is 569 g/mol. The van der Waals surface area contributed by atoms with Crippen LogP contribution in [0.3, 0.4) is 0 Å². The molecule has 0 fully saturated rings. The van der Waals surface area contributed by atoms with Crippen molar-refractivity contribution in [3.8, 4) is 11.4 Å². The summed E-state index contributed by atoms with van der Waals surface area (Å²) in [6.07, 6.45) is 22.9. The molecule has 3 aliphatic carbocycles. The molecule has 2 heteroatoms. The van der Waals surface area contributed by atoms with Crippen LogP contribution in [0.4, 0.5) is 0 Å². The fourth-order valence-electron chi connectivity index (χ4n) is 7.80. The molecule has 0 saturated carbocycles. The summed E-state index contributed by atoms with van der Waals surface area (Å²) in [5.74, 6) is 2.93. The van der Waals surface area contributed by atoms with Gasteiger partial charge in [0, 0.05) is 27.9 Å². The van der Waals surface area contributed by atoms with Gasteiger partial charge >= 0.3 is 0 Å². The number of ether oxygens (including phenoxy) is 1. The highest BCUT2D eigenvalue weighted by Gasteiger charge is 2.32. The van der Waals surface area contributed by atoms with Crippen LogP contribution in [0, 0.1) is 0 Å². The van der Waals surface area contributed by atoms with Crippen molar-refractivity contribution in [2.75, 3.05) is 0 Å². The van der Waals surface area contributed by atoms with E-state index in [2.05, 4.69) is 132 Å². The summed E-state index contributed by atoms with van der Waals surface area (Å²) in [5, 5.41) is 2.61. The van der Waals surface area contributed by atoms with Crippen LogP contribution in [0.2, 0.25) is 0 Å². The predicted molar refractivity (Wildman–Crippen MR) is 183 cm³/mol. The average molecular weight is 570 g/mol. The molecule has 9 rings (SSSR count). The average Bonchev–Trinajstić information content (AvgIpc) is 3.64. The van der Waals surface area contributed by atoms with Gasteiger partial charge in [0.15, 0.2) is 0 Å². The highest BCUT2D eigenvalue weighted by molar-refractivity contribution is 6.10. The summed E-state index contributed by atoms with van der Waals surface area (Å²) < 4.78 is 8.68. The van der Waals surface area contributed by atoms with Gasteiger partial charge in [-0.15, -0.1) is 0 Å². The Morgan fingerprint density at radius 3 is 2.52 bits per heavy atom. The van der Waals surface area contributed by atoms with Crippen molar-refractivity contribution < 1.29 is 4.74 Å². The summed E-state index contributed by atoms with van der Waals surface area (Å²) in [7, 11) is 0. The van der Waals surface area contributed by atoms with E-state index in [-0.39, 0.29) is 0 Å². The molecule has 0 N–H and O–H groups in total. The van der Waals surface area contributed by atoms with Gasteiger partial charge in [0.05, 0.1) is 11.0 Å². The minimum atomic E-state index is 0.294. The van der Waals surface area contributed by atoms with Crippen LogP contribution >= 0.6 is 0 Å². The zero-order valence-corrected chi connectivity index (χ0v) is 24.9. The number of para-hydroxylation sites is 2. The van der Waals surface area contributed by atoms with Crippen molar-refractivity contribution in [3.05, 3.63) is 155 Å². The highest BCUT2D eigenvalue weighted by Crippen LogP contribution is 2.48. The molecule has 2 nitrogen and oxygen atoms in total. The van der Waals surface area contributed by atoms with Crippen molar-refractivity contribution in [2.45, 2.75) is 50.4 Å². The first-order valence-electron chi connectivity index (χ1n) is 16.2. The van der Waals surface area contributed by atoms with E-state index < -0.39 is 0 Å². The highest BCUT2D eigenvalue weighted by atomic mass is 16.5. The SMILES string of the molecule is C1=CC(c2cc(C3CC=CCC3)cc(-n3c4ccccc4c4cc(C5=CC=C6Oc7ccccc7C6C5)ccc43)c2)=CCC1. The number of benzene rings is 4. The first kappa shape index (κ1) is 25.7. The molecule has 0 radical (unpaired) electrons.